The molecule has 1 N–H and O–H groups in total. The van der Waals surface area contributed by atoms with E-state index in [0.717, 1.165) is 12.5 Å². The van der Waals surface area contributed by atoms with E-state index in [1.807, 2.05) is 18.8 Å². The molecule has 18 heavy (non-hydrogen) atoms. The van der Waals surface area contributed by atoms with Crippen LogP contribution in [0.2, 0.25) is 0 Å². The molecular formula is C13H26IN3S. The second kappa shape index (κ2) is 7.82. The van der Waals surface area contributed by atoms with Crippen LogP contribution in [0, 0.1) is 5.41 Å². The number of halogens is 1. The van der Waals surface area contributed by atoms with Crippen molar-refractivity contribution < 1.29 is 0 Å². The van der Waals surface area contributed by atoms with E-state index in [-0.39, 0.29) is 24.0 Å². The van der Waals surface area contributed by atoms with Crippen LogP contribution in [-0.2, 0) is 0 Å². The number of guanidine groups is 1. The number of thioether (sulfide) groups is 1. The first-order valence-electron chi connectivity index (χ1n) is 6.74. The molecule has 0 aromatic rings. The lowest BCUT2D eigenvalue weighted by Crippen LogP contribution is -2.42. The molecule has 0 radical (unpaired) electrons. The van der Waals surface area contributed by atoms with Crippen molar-refractivity contribution in [3.63, 3.8) is 0 Å². The first-order valence-corrected chi connectivity index (χ1v) is 8.14. The molecule has 1 aliphatic heterocycles. The lowest BCUT2D eigenvalue weighted by atomic mass is 9.68. The van der Waals surface area contributed by atoms with Crippen LogP contribution in [-0.4, -0.2) is 49.6 Å². The summed E-state index contributed by atoms with van der Waals surface area (Å²) in [6.45, 7) is 3.48. The van der Waals surface area contributed by atoms with Crippen LogP contribution in [0.25, 0.3) is 0 Å². The molecule has 106 valence electrons. The number of rotatable bonds is 4. The summed E-state index contributed by atoms with van der Waals surface area (Å²) >= 11 is 1.91. The molecule has 1 heterocycles. The minimum absolute atomic E-state index is 0. The van der Waals surface area contributed by atoms with Crippen molar-refractivity contribution in [1.29, 1.82) is 0 Å². The van der Waals surface area contributed by atoms with Gasteiger partial charge in [-0.05, 0) is 43.1 Å². The normalized spacial score (nSPS) is 21.7. The summed E-state index contributed by atoms with van der Waals surface area (Å²) < 4.78 is 0. The minimum Gasteiger partial charge on any atom is -0.356 e. The highest BCUT2D eigenvalue weighted by Gasteiger charge is 2.43. The molecular weight excluding hydrogens is 357 g/mol. The molecule has 1 saturated carbocycles. The Kier molecular flexibility index (Phi) is 7.13. The average Bonchev–Trinajstić information content (AvgIpc) is 2.74. The topological polar surface area (TPSA) is 27.6 Å². The van der Waals surface area contributed by atoms with Gasteiger partial charge in [-0.2, -0.15) is 11.8 Å². The Labute approximate surface area is 133 Å². The number of nitrogens with one attached hydrogen (secondary N) is 1. The molecule has 0 aromatic carbocycles. The fraction of sp³-hybridized carbons (Fsp3) is 0.923. The summed E-state index contributed by atoms with van der Waals surface area (Å²) in [6.07, 6.45) is 9.07. The lowest BCUT2D eigenvalue weighted by Gasteiger charge is -2.38. The largest absolute Gasteiger partial charge is 0.356 e. The number of hydrogen-bond acceptors (Lipinski definition) is 2. The highest BCUT2D eigenvalue weighted by molar-refractivity contribution is 14.0. The molecule has 2 rings (SSSR count). The number of nitrogens with zero attached hydrogens (tertiary/aromatic N) is 2. The quantitative estimate of drug-likeness (QED) is 0.350. The Morgan fingerprint density at radius 2 is 2.17 bits per heavy atom. The van der Waals surface area contributed by atoms with Gasteiger partial charge in [-0.1, -0.05) is 6.42 Å². The zero-order valence-corrected chi connectivity index (χ0v) is 14.7. The van der Waals surface area contributed by atoms with Gasteiger partial charge < -0.3 is 10.2 Å². The van der Waals surface area contributed by atoms with E-state index in [1.165, 1.54) is 50.9 Å². The van der Waals surface area contributed by atoms with Crippen LogP contribution in [0.15, 0.2) is 4.99 Å². The molecule has 1 saturated heterocycles. The standard InChI is InChI=1S/C13H25N3S.HI/c1-14-12(15-8-4-10-17-2)16-9-7-13(11-16)5-3-6-13;/h3-11H2,1-2H3,(H,14,15);1H. The van der Waals surface area contributed by atoms with E-state index in [2.05, 4.69) is 21.5 Å². The Hall–Kier alpha value is 0.350. The van der Waals surface area contributed by atoms with E-state index in [9.17, 15) is 0 Å². The predicted octanol–water partition coefficient (Wildman–Crippen LogP) is 2.81. The minimum atomic E-state index is 0. The smallest absolute Gasteiger partial charge is 0.193 e. The maximum atomic E-state index is 4.42. The van der Waals surface area contributed by atoms with Gasteiger partial charge in [-0.3, -0.25) is 4.99 Å². The molecule has 1 aliphatic carbocycles. The van der Waals surface area contributed by atoms with Crippen molar-refractivity contribution in [1.82, 2.24) is 10.2 Å². The highest BCUT2D eigenvalue weighted by Crippen LogP contribution is 2.47. The lowest BCUT2D eigenvalue weighted by molar-refractivity contribution is 0.151. The Morgan fingerprint density at radius 3 is 2.67 bits per heavy atom. The maximum absolute atomic E-state index is 4.42. The highest BCUT2D eigenvalue weighted by atomic mass is 127. The number of likely N-dealkylation sites (tertiary alicyclic amines) is 1. The van der Waals surface area contributed by atoms with Crippen molar-refractivity contribution in [3.05, 3.63) is 0 Å². The van der Waals surface area contributed by atoms with Gasteiger partial charge in [0.1, 0.15) is 0 Å². The molecule has 0 amide bonds. The Balaban J connectivity index is 0.00000162. The van der Waals surface area contributed by atoms with Gasteiger partial charge in [0.2, 0.25) is 0 Å². The van der Waals surface area contributed by atoms with Crippen LogP contribution >= 0.6 is 35.7 Å². The molecule has 1 spiro atoms. The summed E-state index contributed by atoms with van der Waals surface area (Å²) in [5, 5.41) is 3.49. The summed E-state index contributed by atoms with van der Waals surface area (Å²) in [7, 11) is 1.91. The summed E-state index contributed by atoms with van der Waals surface area (Å²) in [5.74, 6) is 2.35. The average molecular weight is 383 g/mol. The Morgan fingerprint density at radius 1 is 1.39 bits per heavy atom. The van der Waals surface area contributed by atoms with Crippen LogP contribution in [0.3, 0.4) is 0 Å². The van der Waals surface area contributed by atoms with Gasteiger partial charge in [0.05, 0.1) is 0 Å². The molecule has 0 unspecified atom stereocenters. The zero-order valence-electron chi connectivity index (χ0n) is 11.6. The molecule has 0 bridgehead atoms. The third kappa shape index (κ3) is 3.92. The first-order chi connectivity index (χ1) is 8.29. The molecule has 2 fully saturated rings. The third-order valence-corrected chi connectivity index (χ3v) is 4.87. The van der Waals surface area contributed by atoms with Gasteiger partial charge in [0, 0.05) is 26.7 Å². The molecule has 2 aliphatic rings. The van der Waals surface area contributed by atoms with Crippen LogP contribution in [0.4, 0.5) is 0 Å². The van der Waals surface area contributed by atoms with Crippen LogP contribution in [0.5, 0.6) is 0 Å². The monoisotopic (exact) mass is 383 g/mol. The van der Waals surface area contributed by atoms with Crippen molar-refractivity contribution >= 4 is 41.7 Å². The molecule has 0 aromatic heterocycles. The zero-order chi connectivity index (χ0) is 12.1. The molecule has 3 nitrogen and oxygen atoms in total. The van der Waals surface area contributed by atoms with Crippen LogP contribution in [0.1, 0.15) is 32.1 Å². The van der Waals surface area contributed by atoms with Crippen molar-refractivity contribution in [2.75, 3.05) is 38.7 Å². The fourth-order valence-corrected chi connectivity index (χ4v) is 3.38. The molecule has 5 heteroatoms. The molecule has 0 atom stereocenters. The first kappa shape index (κ1) is 16.4. The number of hydrogen-bond donors (Lipinski definition) is 1. The van der Waals surface area contributed by atoms with Gasteiger partial charge in [-0.25, -0.2) is 0 Å². The van der Waals surface area contributed by atoms with Gasteiger partial charge in [-0.15, -0.1) is 24.0 Å². The van der Waals surface area contributed by atoms with Gasteiger partial charge in [0.25, 0.3) is 0 Å². The summed E-state index contributed by atoms with van der Waals surface area (Å²) in [5.41, 5.74) is 0.664. The predicted molar refractivity (Wildman–Crippen MR) is 92.2 cm³/mol. The van der Waals surface area contributed by atoms with Gasteiger partial charge >= 0.3 is 0 Å². The van der Waals surface area contributed by atoms with Crippen molar-refractivity contribution in [2.24, 2.45) is 10.4 Å². The fourth-order valence-electron chi connectivity index (χ4n) is 2.95. The Bertz CT molecular complexity index is 279. The van der Waals surface area contributed by atoms with E-state index < -0.39 is 0 Å². The third-order valence-electron chi connectivity index (χ3n) is 4.17. The van der Waals surface area contributed by atoms with E-state index in [0.29, 0.717) is 5.41 Å². The van der Waals surface area contributed by atoms with E-state index >= 15 is 0 Å². The van der Waals surface area contributed by atoms with E-state index in [1.54, 1.807) is 0 Å². The second-order valence-electron chi connectivity index (χ2n) is 5.35. The maximum Gasteiger partial charge on any atom is 0.193 e. The summed E-state index contributed by atoms with van der Waals surface area (Å²) in [4.78, 5) is 6.87. The van der Waals surface area contributed by atoms with Crippen molar-refractivity contribution in [2.45, 2.75) is 32.1 Å². The summed E-state index contributed by atoms with van der Waals surface area (Å²) in [6, 6.07) is 0. The van der Waals surface area contributed by atoms with Gasteiger partial charge in [0.15, 0.2) is 5.96 Å². The van der Waals surface area contributed by atoms with Crippen LogP contribution < -0.4 is 5.32 Å². The second-order valence-corrected chi connectivity index (χ2v) is 6.33. The van der Waals surface area contributed by atoms with E-state index in [4.69, 9.17) is 0 Å². The van der Waals surface area contributed by atoms with Crippen molar-refractivity contribution in [3.8, 4) is 0 Å². The number of aliphatic imine (C=N–C) groups is 1. The SMILES string of the molecule is CN=C(NCCCSC)N1CCC2(CCC2)C1.I.